The van der Waals surface area contributed by atoms with Crippen LogP contribution in [0.25, 0.3) is 0 Å². The predicted octanol–water partition coefficient (Wildman–Crippen LogP) is 4.02. The molecular weight excluding hydrogens is 222 g/mol. The quantitative estimate of drug-likeness (QED) is 0.735. The fourth-order valence-corrected chi connectivity index (χ4v) is 1.32. The Bertz CT molecular complexity index is 465. The summed E-state index contributed by atoms with van der Waals surface area (Å²) in [7, 11) is 0. The average Bonchev–Trinajstić information content (AvgIpc) is 2.33. The van der Waals surface area contributed by atoms with Crippen LogP contribution in [0.1, 0.15) is 5.56 Å². The van der Waals surface area contributed by atoms with Crippen molar-refractivity contribution in [1.29, 1.82) is 0 Å². The Morgan fingerprint density at radius 1 is 1.12 bits per heavy atom. The second kappa shape index (κ2) is 5.37. The molecule has 16 heavy (non-hydrogen) atoms. The number of hydrogen-bond acceptors (Lipinski definition) is 3. The molecule has 0 aliphatic rings. The fraction of sp³-hybridized carbons (Fsp3) is 0.0833. The highest BCUT2D eigenvalue weighted by molar-refractivity contribution is 6.30. The Balaban J connectivity index is 1.98. The first-order chi connectivity index (χ1) is 7.84. The highest BCUT2D eigenvalue weighted by atomic mass is 35.5. The first-order valence-electron chi connectivity index (χ1n) is 4.86. The summed E-state index contributed by atoms with van der Waals surface area (Å²) in [5.41, 5.74) is 1.84. The molecule has 0 saturated heterocycles. The van der Waals surface area contributed by atoms with Gasteiger partial charge in [-0.2, -0.15) is 10.2 Å². The zero-order chi connectivity index (χ0) is 11.2. The number of benzene rings is 1. The van der Waals surface area contributed by atoms with Gasteiger partial charge in [0.15, 0.2) is 0 Å². The van der Waals surface area contributed by atoms with Gasteiger partial charge in [0, 0.05) is 17.4 Å². The van der Waals surface area contributed by atoms with Gasteiger partial charge >= 0.3 is 0 Å². The van der Waals surface area contributed by atoms with Crippen LogP contribution in [0.5, 0.6) is 0 Å². The maximum absolute atomic E-state index is 5.76. The summed E-state index contributed by atoms with van der Waals surface area (Å²) < 4.78 is 0. The lowest BCUT2D eigenvalue weighted by Crippen LogP contribution is -1.80. The van der Waals surface area contributed by atoms with Crippen molar-refractivity contribution in [3.63, 3.8) is 0 Å². The smallest absolute Gasteiger partial charge is 0.0868 e. The highest BCUT2D eigenvalue weighted by Crippen LogP contribution is 2.16. The number of pyridine rings is 1. The summed E-state index contributed by atoms with van der Waals surface area (Å²) in [6.07, 6.45) is 3.51. The van der Waals surface area contributed by atoms with E-state index >= 15 is 0 Å². The molecule has 0 aliphatic heterocycles. The first kappa shape index (κ1) is 10.8. The Labute approximate surface area is 98.8 Å². The van der Waals surface area contributed by atoms with Crippen LogP contribution in [0, 0.1) is 0 Å². The van der Waals surface area contributed by atoms with E-state index in [1.165, 1.54) is 0 Å². The lowest BCUT2D eigenvalue weighted by Gasteiger charge is -1.94. The molecule has 0 aliphatic carbocycles. The van der Waals surface area contributed by atoms with E-state index in [1.54, 1.807) is 24.5 Å². The van der Waals surface area contributed by atoms with Crippen molar-refractivity contribution in [3.05, 3.63) is 59.4 Å². The molecule has 0 spiro atoms. The topological polar surface area (TPSA) is 37.6 Å². The van der Waals surface area contributed by atoms with E-state index in [-0.39, 0.29) is 0 Å². The van der Waals surface area contributed by atoms with Crippen LogP contribution in [-0.2, 0) is 6.54 Å². The predicted molar refractivity (Wildman–Crippen MR) is 63.9 cm³/mol. The highest BCUT2D eigenvalue weighted by Gasteiger charge is 1.91. The Hall–Kier alpha value is -1.74. The van der Waals surface area contributed by atoms with Gasteiger partial charge in [0.05, 0.1) is 12.2 Å². The van der Waals surface area contributed by atoms with E-state index in [1.807, 2.05) is 24.3 Å². The number of halogens is 1. The fourth-order valence-electron chi connectivity index (χ4n) is 1.20. The van der Waals surface area contributed by atoms with E-state index in [9.17, 15) is 0 Å². The van der Waals surface area contributed by atoms with Crippen LogP contribution < -0.4 is 0 Å². The van der Waals surface area contributed by atoms with Crippen molar-refractivity contribution >= 4 is 17.3 Å². The average molecular weight is 232 g/mol. The van der Waals surface area contributed by atoms with Crippen molar-refractivity contribution in [2.24, 2.45) is 10.2 Å². The summed E-state index contributed by atoms with van der Waals surface area (Å²) in [4.78, 5) is 4.00. The van der Waals surface area contributed by atoms with Crippen LogP contribution >= 0.6 is 11.6 Å². The maximum Gasteiger partial charge on any atom is 0.0868 e. The standard InChI is InChI=1S/C12H10ClN3/c13-11-3-5-12(6-4-11)16-15-9-10-2-1-7-14-8-10/h1-8H,9H2. The molecule has 0 saturated carbocycles. The minimum Gasteiger partial charge on any atom is -0.264 e. The Morgan fingerprint density at radius 2 is 1.94 bits per heavy atom. The minimum absolute atomic E-state index is 0.538. The molecule has 0 unspecified atom stereocenters. The van der Waals surface area contributed by atoms with Gasteiger partial charge in [0.1, 0.15) is 0 Å². The second-order valence-electron chi connectivity index (χ2n) is 3.24. The summed E-state index contributed by atoms with van der Waals surface area (Å²) in [5, 5.41) is 8.86. The largest absolute Gasteiger partial charge is 0.264 e. The van der Waals surface area contributed by atoms with Gasteiger partial charge in [0.25, 0.3) is 0 Å². The zero-order valence-corrected chi connectivity index (χ0v) is 9.30. The van der Waals surface area contributed by atoms with Crippen molar-refractivity contribution in [2.75, 3.05) is 0 Å². The lowest BCUT2D eigenvalue weighted by atomic mass is 10.3. The third kappa shape index (κ3) is 3.14. The number of nitrogens with zero attached hydrogens (tertiary/aromatic N) is 3. The molecule has 1 heterocycles. The third-order valence-corrected chi connectivity index (χ3v) is 2.24. The molecule has 0 bridgehead atoms. The van der Waals surface area contributed by atoms with Gasteiger partial charge in [-0.3, -0.25) is 4.98 Å². The van der Waals surface area contributed by atoms with Crippen molar-refractivity contribution in [2.45, 2.75) is 6.54 Å². The van der Waals surface area contributed by atoms with Crippen LogP contribution in [0.2, 0.25) is 5.02 Å². The van der Waals surface area contributed by atoms with Gasteiger partial charge in [-0.15, -0.1) is 0 Å². The van der Waals surface area contributed by atoms with E-state index in [0.717, 1.165) is 11.3 Å². The van der Waals surface area contributed by atoms with Gasteiger partial charge < -0.3 is 0 Å². The Morgan fingerprint density at radius 3 is 2.62 bits per heavy atom. The zero-order valence-electron chi connectivity index (χ0n) is 8.55. The molecule has 80 valence electrons. The Kier molecular flexibility index (Phi) is 3.62. The van der Waals surface area contributed by atoms with Gasteiger partial charge in [-0.05, 0) is 35.9 Å². The number of hydrogen-bond donors (Lipinski definition) is 0. The molecule has 1 aromatic carbocycles. The monoisotopic (exact) mass is 231 g/mol. The van der Waals surface area contributed by atoms with Crippen LogP contribution in [0.15, 0.2) is 59.0 Å². The SMILES string of the molecule is Clc1ccc(N=NCc2cccnc2)cc1. The van der Waals surface area contributed by atoms with Gasteiger partial charge in [-0.1, -0.05) is 17.7 Å². The van der Waals surface area contributed by atoms with E-state index in [2.05, 4.69) is 15.2 Å². The summed E-state index contributed by atoms with van der Waals surface area (Å²) in [6, 6.07) is 11.1. The van der Waals surface area contributed by atoms with E-state index in [4.69, 9.17) is 11.6 Å². The summed E-state index contributed by atoms with van der Waals surface area (Å²) in [6.45, 7) is 0.538. The number of aromatic nitrogens is 1. The summed E-state index contributed by atoms with van der Waals surface area (Å²) in [5.74, 6) is 0. The molecule has 0 fully saturated rings. The molecule has 0 radical (unpaired) electrons. The molecular formula is C12H10ClN3. The van der Waals surface area contributed by atoms with Crippen molar-refractivity contribution in [1.82, 2.24) is 4.98 Å². The molecule has 0 amide bonds. The normalized spacial score (nSPS) is 10.8. The molecule has 3 nitrogen and oxygen atoms in total. The molecule has 2 rings (SSSR count). The second-order valence-corrected chi connectivity index (χ2v) is 3.67. The lowest BCUT2D eigenvalue weighted by molar-refractivity contribution is 0.949. The molecule has 1 aromatic heterocycles. The summed E-state index contributed by atoms with van der Waals surface area (Å²) >= 11 is 5.76. The van der Waals surface area contributed by atoms with Crippen molar-refractivity contribution < 1.29 is 0 Å². The molecule has 0 atom stereocenters. The maximum atomic E-state index is 5.76. The third-order valence-electron chi connectivity index (χ3n) is 1.99. The molecule has 0 N–H and O–H groups in total. The van der Waals surface area contributed by atoms with Crippen LogP contribution in [0.3, 0.4) is 0 Å². The van der Waals surface area contributed by atoms with Crippen molar-refractivity contribution in [3.8, 4) is 0 Å². The number of rotatable bonds is 3. The van der Waals surface area contributed by atoms with Gasteiger partial charge in [0.2, 0.25) is 0 Å². The first-order valence-corrected chi connectivity index (χ1v) is 5.24. The molecule has 4 heteroatoms. The number of azo groups is 1. The van der Waals surface area contributed by atoms with Crippen LogP contribution in [0.4, 0.5) is 5.69 Å². The molecule has 2 aromatic rings. The van der Waals surface area contributed by atoms with E-state index in [0.29, 0.717) is 11.6 Å². The minimum atomic E-state index is 0.538. The van der Waals surface area contributed by atoms with Crippen LogP contribution in [-0.4, -0.2) is 4.98 Å². The van der Waals surface area contributed by atoms with E-state index < -0.39 is 0 Å². The van der Waals surface area contributed by atoms with Gasteiger partial charge in [-0.25, -0.2) is 0 Å².